The Labute approximate surface area is 138 Å². The summed E-state index contributed by atoms with van der Waals surface area (Å²) in [6, 6.07) is 13.8. The van der Waals surface area contributed by atoms with Crippen LogP contribution in [0.4, 0.5) is 0 Å². The largest absolute Gasteiger partial charge is 0.303 e. The first-order valence-corrected chi connectivity index (χ1v) is 9.14. The normalized spacial score (nSPS) is 20.6. The van der Waals surface area contributed by atoms with Gasteiger partial charge in [0.25, 0.3) is 0 Å². The molecule has 1 aromatic carbocycles. The number of benzene rings is 1. The van der Waals surface area contributed by atoms with Crippen LogP contribution in [0.15, 0.2) is 47.2 Å². The minimum absolute atomic E-state index is 0.544. The molecule has 0 saturated carbocycles. The van der Waals surface area contributed by atoms with Crippen LogP contribution in [-0.4, -0.2) is 43.5 Å². The van der Waals surface area contributed by atoms with Gasteiger partial charge in [0.15, 0.2) is 0 Å². The molecule has 0 bridgehead atoms. The highest BCUT2D eigenvalue weighted by atomic mass is 32.1. The van der Waals surface area contributed by atoms with Gasteiger partial charge in [0.05, 0.1) is 0 Å². The zero-order valence-corrected chi connectivity index (χ0v) is 14.4. The fourth-order valence-electron chi connectivity index (χ4n) is 3.53. The van der Waals surface area contributed by atoms with Crippen molar-refractivity contribution in [3.05, 3.63) is 58.3 Å². The van der Waals surface area contributed by atoms with E-state index < -0.39 is 0 Å². The minimum Gasteiger partial charge on any atom is -0.303 e. The molecule has 1 aliphatic rings. The summed E-state index contributed by atoms with van der Waals surface area (Å²) in [6.45, 7) is 3.65. The topological polar surface area (TPSA) is 6.48 Å². The molecule has 1 saturated heterocycles. The lowest BCUT2D eigenvalue weighted by molar-refractivity contribution is 0.238. The van der Waals surface area contributed by atoms with Crippen LogP contribution < -0.4 is 0 Å². The lowest BCUT2D eigenvalue weighted by Gasteiger charge is -2.26. The maximum atomic E-state index is 2.64. The first-order valence-electron chi connectivity index (χ1n) is 8.20. The maximum absolute atomic E-state index is 2.64. The Bertz CT molecular complexity index is 550. The average molecular weight is 314 g/mol. The molecule has 118 valence electrons. The van der Waals surface area contributed by atoms with E-state index in [4.69, 9.17) is 0 Å². The molecule has 1 unspecified atom stereocenters. The quantitative estimate of drug-likeness (QED) is 0.787. The number of rotatable bonds is 6. The molecule has 3 rings (SSSR count). The summed E-state index contributed by atoms with van der Waals surface area (Å²) in [6.07, 6.45) is 2.51. The van der Waals surface area contributed by atoms with Gasteiger partial charge in [0, 0.05) is 12.6 Å². The summed E-state index contributed by atoms with van der Waals surface area (Å²) < 4.78 is 0. The van der Waals surface area contributed by atoms with E-state index in [1.807, 2.05) is 0 Å². The molecular formula is C19H26N2S. The summed E-state index contributed by atoms with van der Waals surface area (Å²) in [7, 11) is 4.39. The molecule has 2 aromatic rings. The predicted molar refractivity (Wildman–Crippen MR) is 95.6 cm³/mol. The van der Waals surface area contributed by atoms with Gasteiger partial charge < -0.3 is 9.80 Å². The Hall–Kier alpha value is -1.16. The number of thiophene rings is 1. The molecule has 2 heterocycles. The van der Waals surface area contributed by atoms with Crippen molar-refractivity contribution in [1.29, 1.82) is 0 Å². The lowest BCUT2D eigenvalue weighted by atomic mass is 9.99. The number of nitrogens with zero attached hydrogens (tertiary/aromatic N) is 2. The molecule has 0 radical (unpaired) electrons. The zero-order valence-electron chi connectivity index (χ0n) is 13.6. The zero-order chi connectivity index (χ0) is 15.4. The van der Waals surface area contributed by atoms with E-state index in [1.165, 1.54) is 43.6 Å². The molecule has 0 amide bonds. The number of hydrogen-bond acceptors (Lipinski definition) is 3. The van der Waals surface area contributed by atoms with E-state index in [0.717, 1.165) is 5.92 Å². The number of hydrogen-bond donors (Lipinski definition) is 0. The molecule has 1 aliphatic heterocycles. The van der Waals surface area contributed by atoms with Gasteiger partial charge in [-0.25, -0.2) is 0 Å². The molecule has 2 atom stereocenters. The van der Waals surface area contributed by atoms with Crippen LogP contribution in [0.2, 0.25) is 0 Å². The van der Waals surface area contributed by atoms with Gasteiger partial charge in [-0.15, -0.1) is 0 Å². The molecule has 1 aromatic heterocycles. The molecular weight excluding hydrogens is 288 g/mol. The standard InChI is InChI=1S/C19H26N2S/c1-20(2)19(18-10-13-22-15-18)9-12-21-11-8-17(14-21)16-6-4-3-5-7-16/h3-7,10,13,15,17,19H,8-9,11-12,14H2,1-2H3/t17-,19?/m0/s1. The van der Waals surface area contributed by atoms with E-state index in [2.05, 4.69) is 71.1 Å². The smallest absolute Gasteiger partial charge is 0.0362 e. The first-order chi connectivity index (χ1) is 10.7. The van der Waals surface area contributed by atoms with Crippen LogP contribution in [0.1, 0.15) is 35.9 Å². The monoisotopic (exact) mass is 314 g/mol. The highest BCUT2D eigenvalue weighted by Crippen LogP contribution is 2.29. The van der Waals surface area contributed by atoms with Crippen LogP contribution in [0, 0.1) is 0 Å². The average Bonchev–Trinajstić information content (AvgIpc) is 3.20. The molecule has 0 N–H and O–H groups in total. The van der Waals surface area contributed by atoms with E-state index in [9.17, 15) is 0 Å². The third-order valence-corrected chi connectivity index (χ3v) is 5.51. The second kappa shape index (κ2) is 7.40. The van der Waals surface area contributed by atoms with Gasteiger partial charge in [-0.3, -0.25) is 0 Å². The van der Waals surface area contributed by atoms with Crippen molar-refractivity contribution >= 4 is 11.3 Å². The second-order valence-electron chi connectivity index (χ2n) is 6.52. The van der Waals surface area contributed by atoms with Crippen molar-refractivity contribution < 1.29 is 0 Å². The van der Waals surface area contributed by atoms with Gasteiger partial charge in [-0.05, 0) is 73.9 Å². The third kappa shape index (κ3) is 3.78. The van der Waals surface area contributed by atoms with Crippen LogP contribution in [0.3, 0.4) is 0 Å². The fourth-order valence-corrected chi connectivity index (χ4v) is 4.23. The summed E-state index contributed by atoms with van der Waals surface area (Å²) >= 11 is 1.80. The summed E-state index contributed by atoms with van der Waals surface area (Å²) in [5.74, 6) is 0.722. The van der Waals surface area contributed by atoms with Crippen LogP contribution in [0.5, 0.6) is 0 Å². The Morgan fingerprint density at radius 3 is 2.73 bits per heavy atom. The van der Waals surface area contributed by atoms with Gasteiger partial charge >= 0.3 is 0 Å². The van der Waals surface area contributed by atoms with Crippen molar-refractivity contribution in [1.82, 2.24) is 9.80 Å². The Kier molecular flexibility index (Phi) is 5.29. The van der Waals surface area contributed by atoms with Gasteiger partial charge in [-0.2, -0.15) is 11.3 Å². The first kappa shape index (κ1) is 15.7. The Morgan fingerprint density at radius 1 is 1.23 bits per heavy atom. The van der Waals surface area contributed by atoms with Gasteiger partial charge in [0.1, 0.15) is 0 Å². The minimum atomic E-state index is 0.544. The molecule has 3 heteroatoms. The van der Waals surface area contributed by atoms with E-state index in [1.54, 1.807) is 11.3 Å². The van der Waals surface area contributed by atoms with E-state index >= 15 is 0 Å². The summed E-state index contributed by atoms with van der Waals surface area (Å²) in [5, 5.41) is 4.48. The van der Waals surface area contributed by atoms with Crippen molar-refractivity contribution in [2.75, 3.05) is 33.7 Å². The second-order valence-corrected chi connectivity index (χ2v) is 7.30. The van der Waals surface area contributed by atoms with Crippen LogP contribution in [-0.2, 0) is 0 Å². The molecule has 22 heavy (non-hydrogen) atoms. The van der Waals surface area contributed by atoms with Gasteiger partial charge in [-0.1, -0.05) is 30.3 Å². The van der Waals surface area contributed by atoms with Crippen LogP contribution >= 0.6 is 11.3 Å². The molecule has 0 spiro atoms. The number of likely N-dealkylation sites (tertiary alicyclic amines) is 1. The predicted octanol–water partition coefficient (Wildman–Crippen LogP) is 4.23. The SMILES string of the molecule is CN(C)C(CCN1CC[C@H](c2ccccc2)C1)c1ccsc1. The highest BCUT2D eigenvalue weighted by Gasteiger charge is 2.24. The Morgan fingerprint density at radius 2 is 2.05 bits per heavy atom. The summed E-state index contributed by atoms with van der Waals surface area (Å²) in [5.41, 5.74) is 2.97. The molecule has 2 nitrogen and oxygen atoms in total. The maximum Gasteiger partial charge on any atom is 0.0362 e. The van der Waals surface area contributed by atoms with Crippen molar-refractivity contribution in [2.45, 2.75) is 24.8 Å². The van der Waals surface area contributed by atoms with Crippen molar-refractivity contribution in [2.24, 2.45) is 0 Å². The third-order valence-electron chi connectivity index (χ3n) is 4.81. The van der Waals surface area contributed by atoms with E-state index in [0.29, 0.717) is 6.04 Å². The van der Waals surface area contributed by atoms with Crippen molar-refractivity contribution in [3.8, 4) is 0 Å². The lowest BCUT2D eigenvalue weighted by Crippen LogP contribution is -2.27. The Balaban J connectivity index is 1.54. The van der Waals surface area contributed by atoms with Crippen LogP contribution in [0.25, 0.3) is 0 Å². The summed E-state index contributed by atoms with van der Waals surface area (Å²) in [4.78, 5) is 4.99. The highest BCUT2D eigenvalue weighted by molar-refractivity contribution is 7.07. The van der Waals surface area contributed by atoms with E-state index in [-0.39, 0.29) is 0 Å². The van der Waals surface area contributed by atoms with Crippen molar-refractivity contribution in [3.63, 3.8) is 0 Å². The van der Waals surface area contributed by atoms with Gasteiger partial charge in [0.2, 0.25) is 0 Å². The molecule has 0 aliphatic carbocycles. The molecule has 1 fully saturated rings. The fraction of sp³-hybridized carbons (Fsp3) is 0.474.